The van der Waals surface area contributed by atoms with E-state index in [4.69, 9.17) is 4.98 Å². The Morgan fingerprint density at radius 2 is 0.750 bits per heavy atom. The lowest BCUT2D eigenvalue weighted by Gasteiger charge is -2.27. The van der Waals surface area contributed by atoms with Crippen LogP contribution in [0, 0.1) is 0 Å². The van der Waals surface area contributed by atoms with E-state index in [1.54, 1.807) is 11.3 Å². The van der Waals surface area contributed by atoms with Gasteiger partial charge in [-0.05, 0) is 153 Å². The normalized spacial score (nSPS) is 11.5. The van der Waals surface area contributed by atoms with Crippen LogP contribution in [0.5, 0.6) is 0 Å². The Morgan fingerprint density at radius 3 is 1.38 bits per heavy atom. The molecule has 0 aliphatic carbocycles. The fourth-order valence-corrected chi connectivity index (χ4v) is 11.8. The van der Waals surface area contributed by atoms with Crippen LogP contribution in [0.25, 0.3) is 84.8 Å². The lowest BCUT2D eigenvalue weighted by Crippen LogP contribution is -2.10. The average Bonchev–Trinajstić information content (AvgIpc) is 4.02. The molecule has 2 heterocycles. The molecule has 0 unspecified atom stereocenters. The Labute approximate surface area is 402 Å². The summed E-state index contributed by atoms with van der Waals surface area (Å²) in [4.78, 5) is 9.74. The van der Waals surface area contributed by atoms with Crippen LogP contribution in [0.4, 0.5) is 34.1 Å². The van der Waals surface area contributed by atoms with Crippen molar-refractivity contribution < 1.29 is 0 Å². The van der Waals surface area contributed by atoms with Gasteiger partial charge in [0.25, 0.3) is 0 Å². The van der Waals surface area contributed by atoms with Crippen LogP contribution >= 0.6 is 22.7 Å². The zero-order chi connectivity index (χ0) is 45.0. The molecule has 0 N–H and O–H groups in total. The first-order valence-electron chi connectivity index (χ1n) is 22.9. The Balaban J connectivity index is 0.914. The molecule has 0 radical (unpaired) electrons. The van der Waals surface area contributed by atoms with Gasteiger partial charge in [0, 0.05) is 59.9 Å². The maximum atomic E-state index is 4.96. The third-order valence-corrected chi connectivity index (χ3v) is 15.3. The molecule has 320 valence electrons. The van der Waals surface area contributed by atoms with Crippen molar-refractivity contribution in [1.29, 1.82) is 0 Å². The predicted molar refractivity (Wildman–Crippen MR) is 293 cm³/mol. The van der Waals surface area contributed by atoms with Gasteiger partial charge in [-0.15, -0.1) is 22.7 Å². The number of nitrogens with zero attached hydrogens (tertiary/aromatic N) is 3. The number of benzene rings is 11. The molecule has 0 saturated carbocycles. The van der Waals surface area contributed by atoms with Gasteiger partial charge >= 0.3 is 0 Å². The van der Waals surface area contributed by atoms with E-state index in [2.05, 4.69) is 259 Å². The van der Waals surface area contributed by atoms with Crippen molar-refractivity contribution >= 4 is 109 Å². The van der Waals surface area contributed by atoms with Crippen LogP contribution in [-0.4, -0.2) is 4.98 Å². The van der Waals surface area contributed by atoms with Gasteiger partial charge < -0.3 is 9.80 Å². The summed E-state index contributed by atoms with van der Waals surface area (Å²) in [7, 11) is 0. The van der Waals surface area contributed by atoms with E-state index in [-0.39, 0.29) is 0 Å². The fourth-order valence-electron chi connectivity index (χ4n) is 9.73. The molecule has 68 heavy (non-hydrogen) atoms. The van der Waals surface area contributed by atoms with E-state index in [9.17, 15) is 0 Å². The number of aromatic nitrogens is 1. The molecular formula is C63H41N3S2. The Hall–Kier alpha value is -8.35. The Kier molecular flexibility index (Phi) is 9.89. The van der Waals surface area contributed by atoms with Crippen molar-refractivity contribution in [3.63, 3.8) is 0 Å². The minimum absolute atomic E-state index is 1.03. The van der Waals surface area contributed by atoms with Gasteiger partial charge in [-0.3, -0.25) is 0 Å². The topological polar surface area (TPSA) is 19.4 Å². The lowest BCUT2D eigenvalue weighted by molar-refractivity contribution is 1.29. The van der Waals surface area contributed by atoms with Crippen LogP contribution in [0.2, 0.25) is 0 Å². The third-order valence-electron chi connectivity index (χ3n) is 13.0. The first kappa shape index (κ1) is 40.0. The van der Waals surface area contributed by atoms with E-state index in [0.29, 0.717) is 0 Å². The summed E-state index contributed by atoms with van der Waals surface area (Å²) in [5.41, 5.74) is 13.5. The van der Waals surface area contributed by atoms with Crippen LogP contribution in [-0.2, 0) is 0 Å². The van der Waals surface area contributed by atoms with Crippen molar-refractivity contribution in [2.24, 2.45) is 0 Å². The van der Waals surface area contributed by atoms with Gasteiger partial charge in [0.15, 0.2) is 0 Å². The third kappa shape index (κ3) is 7.26. The number of fused-ring (bicyclic) bond motifs is 7. The SMILES string of the molecule is c1ccc(-c2cccc(N(c3ccc(-c4nc5ccccc5s4)cc3)c3ccc4c(ccc5cc(N(c6cccc(-c7ccccc7)c6)c6ccc7sc8ccccc8c7c6)ccc54)c3)c2)cc1. The molecule has 0 aliphatic rings. The van der Waals surface area contributed by atoms with Gasteiger partial charge in [-0.2, -0.15) is 0 Å². The average molecular weight is 904 g/mol. The first-order chi connectivity index (χ1) is 33.7. The maximum absolute atomic E-state index is 4.96. The lowest BCUT2D eigenvalue weighted by atomic mass is 9.99. The number of anilines is 6. The summed E-state index contributed by atoms with van der Waals surface area (Å²) in [6, 6.07) is 90.3. The summed E-state index contributed by atoms with van der Waals surface area (Å²) >= 11 is 3.59. The number of thiazole rings is 1. The number of hydrogen-bond donors (Lipinski definition) is 0. The van der Waals surface area contributed by atoms with Crippen LogP contribution in [0.1, 0.15) is 0 Å². The number of hydrogen-bond acceptors (Lipinski definition) is 5. The summed E-state index contributed by atoms with van der Waals surface area (Å²) < 4.78 is 3.79. The zero-order valence-electron chi connectivity index (χ0n) is 36.8. The number of thiophene rings is 1. The summed E-state index contributed by atoms with van der Waals surface area (Å²) in [5, 5.41) is 8.39. The molecule has 2 aromatic heterocycles. The first-order valence-corrected chi connectivity index (χ1v) is 24.6. The summed E-state index contributed by atoms with van der Waals surface area (Å²) in [6.45, 7) is 0. The minimum Gasteiger partial charge on any atom is -0.310 e. The second kappa shape index (κ2) is 16.8. The highest BCUT2D eigenvalue weighted by molar-refractivity contribution is 7.25. The van der Waals surface area contributed by atoms with E-state index in [1.807, 2.05) is 11.3 Å². The van der Waals surface area contributed by atoms with Gasteiger partial charge in [0.05, 0.1) is 10.2 Å². The number of para-hydroxylation sites is 1. The molecule has 0 aliphatic heterocycles. The highest BCUT2D eigenvalue weighted by Crippen LogP contribution is 2.44. The molecule has 0 spiro atoms. The van der Waals surface area contributed by atoms with Crippen molar-refractivity contribution in [1.82, 2.24) is 4.98 Å². The molecule has 0 amide bonds. The van der Waals surface area contributed by atoms with E-state index in [0.717, 1.165) is 50.2 Å². The molecule has 0 bridgehead atoms. The Bertz CT molecular complexity index is 3950. The Morgan fingerprint density at radius 1 is 0.265 bits per heavy atom. The predicted octanol–water partition coefficient (Wildman–Crippen LogP) is 18.9. The van der Waals surface area contributed by atoms with Crippen molar-refractivity contribution in [2.45, 2.75) is 0 Å². The van der Waals surface area contributed by atoms with Gasteiger partial charge in [0.1, 0.15) is 5.01 Å². The second-order valence-electron chi connectivity index (χ2n) is 17.2. The fraction of sp³-hybridized carbons (Fsp3) is 0. The van der Waals surface area contributed by atoms with Gasteiger partial charge in [-0.25, -0.2) is 4.98 Å². The summed E-state index contributed by atoms with van der Waals surface area (Å²) in [5.74, 6) is 0. The molecule has 5 heteroatoms. The molecular weight excluding hydrogens is 863 g/mol. The molecule has 3 nitrogen and oxygen atoms in total. The van der Waals surface area contributed by atoms with Crippen LogP contribution in [0.3, 0.4) is 0 Å². The highest BCUT2D eigenvalue weighted by Gasteiger charge is 2.19. The highest BCUT2D eigenvalue weighted by atomic mass is 32.1. The van der Waals surface area contributed by atoms with Crippen LogP contribution in [0.15, 0.2) is 249 Å². The van der Waals surface area contributed by atoms with Gasteiger partial charge in [0.2, 0.25) is 0 Å². The summed E-state index contributed by atoms with van der Waals surface area (Å²) in [6.07, 6.45) is 0. The number of rotatable bonds is 9. The van der Waals surface area contributed by atoms with Crippen molar-refractivity contribution in [3.05, 3.63) is 249 Å². The van der Waals surface area contributed by atoms with E-state index >= 15 is 0 Å². The van der Waals surface area contributed by atoms with Crippen molar-refractivity contribution in [2.75, 3.05) is 9.80 Å². The standard InChI is InChI=1S/C63H41N3S2/c1-3-13-42(14-4-1)45-17-11-19-50(37-45)65(49-29-27-44(28-30-49)63-64-59-22-8-10-24-62(59)68-63)52-31-34-55-47(39-52)25-26-48-40-53(32-35-56(48)55)66(51-20-12-18-46(38-51)43-15-5-2-6-16-43)54-33-36-61-58(41-54)57-21-7-9-23-60(57)67-61/h1-41H. The van der Waals surface area contributed by atoms with E-state index < -0.39 is 0 Å². The molecule has 11 aromatic carbocycles. The monoisotopic (exact) mass is 903 g/mol. The van der Waals surface area contributed by atoms with E-state index in [1.165, 1.54) is 68.7 Å². The quantitative estimate of drug-likeness (QED) is 0.135. The molecule has 13 aromatic rings. The van der Waals surface area contributed by atoms with Gasteiger partial charge in [-0.1, -0.05) is 140 Å². The zero-order valence-corrected chi connectivity index (χ0v) is 38.5. The maximum Gasteiger partial charge on any atom is 0.124 e. The largest absolute Gasteiger partial charge is 0.310 e. The second-order valence-corrected chi connectivity index (χ2v) is 19.3. The smallest absolute Gasteiger partial charge is 0.124 e. The van der Waals surface area contributed by atoms with Crippen LogP contribution < -0.4 is 9.80 Å². The molecule has 0 saturated heterocycles. The minimum atomic E-state index is 1.03. The molecule has 13 rings (SSSR count). The van der Waals surface area contributed by atoms with Crippen molar-refractivity contribution in [3.8, 4) is 32.8 Å². The molecule has 0 fully saturated rings. The molecule has 0 atom stereocenters.